The van der Waals surface area contributed by atoms with E-state index in [4.69, 9.17) is 11.6 Å². The molecule has 0 aliphatic rings. The number of thioether (sulfide) groups is 1. The highest BCUT2D eigenvalue weighted by Gasteiger charge is 2.30. The Morgan fingerprint density at radius 3 is 2.29 bits per heavy atom. The third kappa shape index (κ3) is 8.96. The summed E-state index contributed by atoms with van der Waals surface area (Å²) in [6.45, 7) is 8.24. The standard InChI is InChI=1S/C25H33ClN2O2S/c1-5-22(24(30)27-25(2,3)4)28(18-19-10-7-6-8-11-19)23(29)12-9-17-31-21-15-13-20(26)14-16-21/h6-8,10-11,13-16,22H,5,9,12,17-18H2,1-4H3,(H,27,30). The lowest BCUT2D eigenvalue weighted by Crippen LogP contribution is -2.53. The second-order valence-corrected chi connectivity index (χ2v) is 10.2. The van der Waals surface area contributed by atoms with E-state index < -0.39 is 6.04 Å². The second kappa shape index (κ2) is 12.2. The van der Waals surface area contributed by atoms with Crippen LogP contribution < -0.4 is 5.32 Å². The highest BCUT2D eigenvalue weighted by Crippen LogP contribution is 2.22. The zero-order valence-electron chi connectivity index (χ0n) is 18.9. The van der Waals surface area contributed by atoms with Crippen molar-refractivity contribution in [3.63, 3.8) is 0 Å². The highest BCUT2D eigenvalue weighted by molar-refractivity contribution is 7.99. The summed E-state index contributed by atoms with van der Waals surface area (Å²) in [6.07, 6.45) is 1.72. The molecule has 6 heteroatoms. The number of hydrogen-bond donors (Lipinski definition) is 1. The van der Waals surface area contributed by atoms with Crippen molar-refractivity contribution in [2.45, 2.75) is 70.0 Å². The van der Waals surface area contributed by atoms with Crippen LogP contribution in [0.4, 0.5) is 0 Å². The lowest BCUT2D eigenvalue weighted by molar-refractivity contribution is -0.142. The van der Waals surface area contributed by atoms with Crippen molar-refractivity contribution in [2.24, 2.45) is 0 Å². The Labute approximate surface area is 195 Å². The average Bonchev–Trinajstić information content (AvgIpc) is 2.71. The normalized spacial score (nSPS) is 12.3. The molecule has 0 saturated carbocycles. The van der Waals surface area contributed by atoms with E-state index >= 15 is 0 Å². The van der Waals surface area contributed by atoms with Crippen molar-refractivity contribution in [1.82, 2.24) is 10.2 Å². The lowest BCUT2D eigenvalue weighted by Gasteiger charge is -2.33. The maximum atomic E-state index is 13.2. The van der Waals surface area contributed by atoms with Crippen LogP contribution in [0.2, 0.25) is 5.02 Å². The number of nitrogens with one attached hydrogen (secondary N) is 1. The molecule has 0 heterocycles. The molecule has 4 nitrogen and oxygen atoms in total. The molecule has 2 rings (SSSR count). The summed E-state index contributed by atoms with van der Waals surface area (Å²) in [5.41, 5.74) is 0.676. The number of hydrogen-bond acceptors (Lipinski definition) is 3. The number of carbonyl (C=O) groups is 2. The first kappa shape index (κ1) is 25.3. The van der Waals surface area contributed by atoms with Gasteiger partial charge < -0.3 is 10.2 Å². The van der Waals surface area contributed by atoms with Gasteiger partial charge in [0.25, 0.3) is 0 Å². The molecule has 1 N–H and O–H groups in total. The van der Waals surface area contributed by atoms with Crippen LogP contribution in [-0.4, -0.2) is 34.0 Å². The van der Waals surface area contributed by atoms with Gasteiger partial charge in [-0.05, 0) is 69.2 Å². The summed E-state index contributed by atoms with van der Waals surface area (Å²) in [4.78, 5) is 29.0. The van der Waals surface area contributed by atoms with E-state index in [1.807, 2.05) is 82.3 Å². The van der Waals surface area contributed by atoms with E-state index in [9.17, 15) is 9.59 Å². The third-order valence-electron chi connectivity index (χ3n) is 4.70. The molecule has 0 radical (unpaired) electrons. The number of amides is 2. The fraction of sp³-hybridized carbons (Fsp3) is 0.440. The molecule has 168 valence electrons. The molecule has 31 heavy (non-hydrogen) atoms. The third-order valence-corrected chi connectivity index (χ3v) is 6.05. The molecule has 1 unspecified atom stereocenters. The smallest absolute Gasteiger partial charge is 0.243 e. The van der Waals surface area contributed by atoms with Gasteiger partial charge in [0, 0.05) is 28.4 Å². The first-order valence-electron chi connectivity index (χ1n) is 10.7. The van der Waals surface area contributed by atoms with Crippen LogP contribution >= 0.6 is 23.4 Å². The molecule has 0 aliphatic heterocycles. The maximum Gasteiger partial charge on any atom is 0.243 e. The molecule has 0 aromatic heterocycles. The number of nitrogens with zero attached hydrogens (tertiary/aromatic N) is 1. The Bertz CT molecular complexity index is 835. The number of benzene rings is 2. The van der Waals surface area contributed by atoms with Crippen molar-refractivity contribution in [1.29, 1.82) is 0 Å². The molecule has 0 spiro atoms. The zero-order chi connectivity index (χ0) is 22.9. The van der Waals surface area contributed by atoms with Crippen LogP contribution in [0, 0.1) is 0 Å². The minimum absolute atomic E-state index is 0.0106. The van der Waals surface area contributed by atoms with E-state index in [-0.39, 0.29) is 17.4 Å². The SMILES string of the molecule is CCC(C(=O)NC(C)(C)C)N(Cc1ccccc1)C(=O)CCCSc1ccc(Cl)cc1. The summed E-state index contributed by atoms with van der Waals surface area (Å²) in [5.74, 6) is 0.739. The van der Waals surface area contributed by atoms with Crippen LogP contribution in [0.25, 0.3) is 0 Å². The summed E-state index contributed by atoms with van der Waals surface area (Å²) >= 11 is 7.64. The molecule has 2 aromatic carbocycles. The second-order valence-electron chi connectivity index (χ2n) is 8.58. The van der Waals surface area contributed by atoms with Gasteiger partial charge in [0.15, 0.2) is 0 Å². The molecule has 1 atom stereocenters. The van der Waals surface area contributed by atoms with Crippen LogP contribution in [0.5, 0.6) is 0 Å². The van der Waals surface area contributed by atoms with E-state index in [1.165, 1.54) is 0 Å². The van der Waals surface area contributed by atoms with E-state index in [1.54, 1.807) is 16.7 Å². The molecule has 0 bridgehead atoms. The zero-order valence-corrected chi connectivity index (χ0v) is 20.4. The quantitative estimate of drug-likeness (QED) is 0.353. The molecule has 2 aromatic rings. The van der Waals surface area contributed by atoms with Gasteiger partial charge >= 0.3 is 0 Å². The van der Waals surface area contributed by atoms with Crippen LogP contribution in [0.15, 0.2) is 59.5 Å². The van der Waals surface area contributed by atoms with Gasteiger partial charge in [-0.2, -0.15) is 0 Å². The Hall–Kier alpha value is -1.98. The Balaban J connectivity index is 2.04. The number of rotatable bonds is 10. The Morgan fingerprint density at radius 2 is 1.71 bits per heavy atom. The van der Waals surface area contributed by atoms with Crippen molar-refractivity contribution in [3.8, 4) is 0 Å². The maximum absolute atomic E-state index is 13.2. The van der Waals surface area contributed by atoms with Crippen molar-refractivity contribution in [3.05, 3.63) is 65.2 Å². The predicted octanol–water partition coefficient (Wildman–Crippen LogP) is 5.93. The van der Waals surface area contributed by atoms with Crippen molar-refractivity contribution < 1.29 is 9.59 Å². The van der Waals surface area contributed by atoms with E-state index in [0.29, 0.717) is 19.4 Å². The minimum Gasteiger partial charge on any atom is -0.350 e. The average molecular weight is 461 g/mol. The molecule has 0 saturated heterocycles. The Morgan fingerprint density at radius 1 is 1.06 bits per heavy atom. The van der Waals surface area contributed by atoms with Gasteiger partial charge in [-0.3, -0.25) is 9.59 Å². The molecular formula is C25H33ClN2O2S. The molecule has 0 aliphatic carbocycles. The summed E-state index contributed by atoms with van der Waals surface area (Å²) in [5, 5.41) is 3.75. The largest absolute Gasteiger partial charge is 0.350 e. The van der Waals surface area contributed by atoms with Crippen molar-refractivity contribution >= 4 is 35.2 Å². The van der Waals surface area contributed by atoms with E-state index in [2.05, 4.69) is 5.32 Å². The first-order chi connectivity index (χ1) is 14.7. The van der Waals surface area contributed by atoms with Crippen LogP contribution in [0.3, 0.4) is 0 Å². The van der Waals surface area contributed by atoms with Crippen molar-refractivity contribution in [2.75, 3.05) is 5.75 Å². The fourth-order valence-corrected chi connectivity index (χ4v) is 4.22. The lowest BCUT2D eigenvalue weighted by atomic mass is 10.0. The van der Waals surface area contributed by atoms with Gasteiger partial charge in [-0.25, -0.2) is 0 Å². The molecular weight excluding hydrogens is 428 g/mol. The van der Waals surface area contributed by atoms with Gasteiger partial charge in [-0.15, -0.1) is 11.8 Å². The summed E-state index contributed by atoms with van der Waals surface area (Å²) in [7, 11) is 0. The van der Waals surface area contributed by atoms with Gasteiger partial charge in [-0.1, -0.05) is 48.9 Å². The van der Waals surface area contributed by atoms with Gasteiger partial charge in [0.1, 0.15) is 6.04 Å². The van der Waals surface area contributed by atoms with Gasteiger partial charge in [0.05, 0.1) is 0 Å². The monoisotopic (exact) mass is 460 g/mol. The van der Waals surface area contributed by atoms with Gasteiger partial charge in [0.2, 0.25) is 11.8 Å². The van der Waals surface area contributed by atoms with Crippen LogP contribution in [-0.2, 0) is 16.1 Å². The molecule has 0 fully saturated rings. The summed E-state index contributed by atoms with van der Waals surface area (Å²) < 4.78 is 0. The fourth-order valence-electron chi connectivity index (χ4n) is 3.24. The number of halogens is 1. The topological polar surface area (TPSA) is 49.4 Å². The minimum atomic E-state index is -0.490. The Kier molecular flexibility index (Phi) is 9.92. The predicted molar refractivity (Wildman–Crippen MR) is 130 cm³/mol. The van der Waals surface area contributed by atoms with Crippen LogP contribution in [0.1, 0.15) is 52.5 Å². The molecule has 2 amide bonds. The number of carbonyl (C=O) groups excluding carboxylic acids is 2. The first-order valence-corrected chi connectivity index (χ1v) is 12.1. The summed E-state index contributed by atoms with van der Waals surface area (Å²) in [6, 6.07) is 17.1. The highest BCUT2D eigenvalue weighted by atomic mass is 35.5. The van der Waals surface area contributed by atoms with E-state index in [0.717, 1.165) is 27.7 Å².